The molecule has 1 aromatic heterocycles. The van der Waals surface area contributed by atoms with Crippen LogP contribution in [0.3, 0.4) is 0 Å². The highest BCUT2D eigenvalue weighted by Gasteiger charge is 2.08. The molecular weight excluding hydrogens is 314 g/mol. The molecular formula is C14H13BrF2N2. The van der Waals surface area contributed by atoms with Crippen molar-refractivity contribution in [1.29, 1.82) is 0 Å². The molecule has 1 N–H and O–H groups in total. The van der Waals surface area contributed by atoms with Crippen LogP contribution in [-0.4, -0.2) is 4.98 Å². The van der Waals surface area contributed by atoms with Gasteiger partial charge in [0, 0.05) is 28.8 Å². The predicted octanol–water partition coefficient (Wildman–Crippen LogP) is 3.97. The minimum absolute atomic E-state index is 0.105. The van der Waals surface area contributed by atoms with E-state index in [1.165, 1.54) is 12.1 Å². The lowest BCUT2D eigenvalue weighted by molar-refractivity contribution is 0.537. The Kier molecular flexibility index (Phi) is 4.61. The van der Waals surface area contributed by atoms with Crippen LogP contribution in [0.2, 0.25) is 0 Å². The maximum atomic E-state index is 13.6. The molecule has 1 atom stereocenters. The molecule has 0 aliphatic heterocycles. The number of hydrogen-bond acceptors (Lipinski definition) is 2. The molecule has 100 valence electrons. The first-order valence-electron chi connectivity index (χ1n) is 5.84. The quantitative estimate of drug-likeness (QED) is 0.919. The third kappa shape index (κ3) is 3.81. The Bertz CT molecular complexity index is 575. The van der Waals surface area contributed by atoms with Gasteiger partial charge in [-0.25, -0.2) is 8.78 Å². The van der Waals surface area contributed by atoms with E-state index >= 15 is 0 Å². The highest BCUT2D eigenvalue weighted by Crippen LogP contribution is 2.17. The Balaban J connectivity index is 2.02. The van der Waals surface area contributed by atoms with Crippen LogP contribution in [0, 0.1) is 11.6 Å². The molecule has 0 unspecified atom stereocenters. The molecule has 2 aromatic rings. The number of nitrogens with zero attached hydrogens (tertiary/aromatic N) is 1. The summed E-state index contributed by atoms with van der Waals surface area (Å²) in [4.78, 5) is 3.79. The zero-order valence-corrected chi connectivity index (χ0v) is 11.9. The van der Waals surface area contributed by atoms with Crippen molar-refractivity contribution in [2.45, 2.75) is 19.5 Å². The van der Waals surface area contributed by atoms with Crippen LogP contribution in [0.5, 0.6) is 0 Å². The Labute approximate surface area is 119 Å². The SMILES string of the molecule is C[C@@H](NCc1ccc(Br)cc1F)c1cncc(F)c1. The van der Waals surface area contributed by atoms with Gasteiger partial charge in [0.25, 0.3) is 0 Å². The fraction of sp³-hybridized carbons (Fsp3) is 0.214. The first kappa shape index (κ1) is 14.1. The van der Waals surface area contributed by atoms with Gasteiger partial charge in [-0.3, -0.25) is 4.98 Å². The van der Waals surface area contributed by atoms with E-state index in [4.69, 9.17) is 0 Å². The van der Waals surface area contributed by atoms with Gasteiger partial charge in [0.15, 0.2) is 0 Å². The lowest BCUT2D eigenvalue weighted by Crippen LogP contribution is -2.19. The van der Waals surface area contributed by atoms with Crippen molar-refractivity contribution < 1.29 is 8.78 Å². The number of benzene rings is 1. The van der Waals surface area contributed by atoms with Crippen LogP contribution in [0.1, 0.15) is 24.1 Å². The molecule has 0 saturated carbocycles. The van der Waals surface area contributed by atoms with Crippen molar-refractivity contribution in [3.8, 4) is 0 Å². The normalized spacial score (nSPS) is 12.4. The van der Waals surface area contributed by atoms with E-state index in [-0.39, 0.29) is 17.7 Å². The lowest BCUT2D eigenvalue weighted by Gasteiger charge is -2.14. The summed E-state index contributed by atoms with van der Waals surface area (Å²) in [5.41, 5.74) is 1.30. The first-order chi connectivity index (χ1) is 9.06. The minimum atomic E-state index is -0.374. The number of rotatable bonds is 4. The smallest absolute Gasteiger partial charge is 0.141 e. The lowest BCUT2D eigenvalue weighted by atomic mass is 10.1. The second-order valence-electron chi connectivity index (χ2n) is 4.27. The van der Waals surface area contributed by atoms with E-state index < -0.39 is 0 Å². The largest absolute Gasteiger partial charge is 0.306 e. The molecule has 19 heavy (non-hydrogen) atoms. The fourth-order valence-electron chi connectivity index (χ4n) is 1.71. The highest BCUT2D eigenvalue weighted by molar-refractivity contribution is 9.10. The average Bonchev–Trinajstić information content (AvgIpc) is 2.37. The topological polar surface area (TPSA) is 24.9 Å². The minimum Gasteiger partial charge on any atom is -0.306 e. The summed E-state index contributed by atoms with van der Waals surface area (Å²) >= 11 is 3.21. The molecule has 5 heteroatoms. The predicted molar refractivity (Wildman–Crippen MR) is 73.5 cm³/mol. The highest BCUT2D eigenvalue weighted by atomic mass is 79.9. The summed E-state index contributed by atoms with van der Waals surface area (Å²) in [5, 5.41) is 3.14. The Morgan fingerprint density at radius 1 is 1.26 bits per heavy atom. The molecule has 1 heterocycles. The second-order valence-corrected chi connectivity index (χ2v) is 5.19. The molecule has 0 bridgehead atoms. The van der Waals surface area contributed by atoms with E-state index in [1.54, 1.807) is 18.3 Å². The first-order valence-corrected chi connectivity index (χ1v) is 6.63. The van der Waals surface area contributed by atoms with Crippen molar-refractivity contribution >= 4 is 15.9 Å². The molecule has 0 aliphatic rings. The van der Waals surface area contributed by atoms with Gasteiger partial charge in [0.05, 0.1) is 6.20 Å². The number of aromatic nitrogens is 1. The summed E-state index contributed by atoms with van der Waals surface area (Å²) in [6.45, 7) is 2.25. The van der Waals surface area contributed by atoms with E-state index in [9.17, 15) is 8.78 Å². The van der Waals surface area contributed by atoms with Crippen molar-refractivity contribution in [3.05, 3.63) is 63.9 Å². The summed E-state index contributed by atoms with van der Waals surface area (Å²) in [6.07, 6.45) is 2.75. The van der Waals surface area contributed by atoms with Crippen LogP contribution < -0.4 is 5.32 Å². The van der Waals surface area contributed by atoms with Gasteiger partial charge < -0.3 is 5.32 Å². The van der Waals surface area contributed by atoms with Gasteiger partial charge in [-0.05, 0) is 30.7 Å². The molecule has 0 aliphatic carbocycles. The monoisotopic (exact) mass is 326 g/mol. The van der Waals surface area contributed by atoms with Crippen LogP contribution in [0.25, 0.3) is 0 Å². The zero-order valence-electron chi connectivity index (χ0n) is 10.3. The molecule has 1 aromatic carbocycles. The fourth-order valence-corrected chi connectivity index (χ4v) is 2.04. The molecule has 0 fully saturated rings. The van der Waals surface area contributed by atoms with E-state index in [0.717, 1.165) is 11.8 Å². The molecule has 0 spiro atoms. The van der Waals surface area contributed by atoms with Crippen LogP contribution >= 0.6 is 15.9 Å². The number of pyridine rings is 1. The molecule has 0 saturated heterocycles. The van der Waals surface area contributed by atoms with Gasteiger partial charge in [-0.1, -0.05) is 22.0 Å². The van der Waals surface area contributed by atoms with Crippen molar-refractivity contribution in [3.63, 3.8) is 0 Å². The van der Waals surface area contributed by atoms with Crippen LogP contribution in [0.15, 0.2) is 41.1 Å². The molecule has 0 amide bonds. The summed E-state index contributed by atoms with van der Waals surface area (Å²) in [6, 6.07) is 6.23. The number of halogens is 3. The zero-order chi connectivity index (χ0) is 13.8. The maximum Gasteiger partial charge on any atom is 0.141 e. The second kappa shape index (κ2) is 6.21. The van der Waals surface area contributed by atoms with Crippen molar-refractivity contribution in [2.75, 3.05) is 0 Å². The summed E-state index contributed by atoms with van der Waals surface area (Å²) in [7, 11) is 0. The van der Waals surface area contributed by atoms with Crippen molar-refractivity contribution in [1.82, 2.24) is 10.3 Å². The standard InChI is InChI=1S/C14H13BrF2N2/c1-9(11-4-13(16)8-18-6-11)19-7-10-2-3-12(15)5-14(10)17/h2-6,8-9,19H,7H2,1H3/t9-/m1/s1. The van der Waals surface area contributed by atoms with E-state index in [0.29, 0.717) is 16.6 Å². The Morgan fingerprint density at radius 3 is 2.74 bits per heavy atom. The maximum absolute atomic E-state index is 13.6. The average molecular weight is 327 g/mol. The summed E-state index contributed by atoms with van der Waals surface area (Å²) in [5.74, 6) is -0.646. The number of nitrogens with one attached hydrogen (secondary N) is 1. The molecule has 0 radical (unpaired) electrons. The van der Waals surface area contributed by atoms with Gasteiger partial charge in [-0.15, -0.1) is 0 Å². The van der Waals surface area contributed by atoms with Crippen LogP contribution in [0.4, 0.5) is 8.78 Å². The third-order valence-electron chi connectivity index (χ3n) is 2.84. The Morgan fingerprint density at radius 2 is 2.05 bits per heavy atom. The van der Waals surface area contributed by atoms with Gasteiger partial charge >= 0.3 is 0 Å². The number of hydrogen-bond donors (Lipinski definition) is 1. The Hall–Kier alpha value is -1.33. The molecule has 2 rings (SSSR count). The van der Waals surface area contributed by atoms with Gasteiger partial charge in [0.2, 0.25) is 0 Å². The van der Waals surface area contributed by atoms with Crippen LogP contribution in [-0.2, 0) is 6.54 Å². The van der Waals surface area contributed by atoms with E-state index in [2.05, 4.69) is 26.2 Å². The van der Waals surface area contributed by atoms with E-state index in [1.807, 2.05) is 6.92 Å². The van der Waals surface area contributed by atoms with Gasteiger partial charge in [-0.2, -0.15) is 0 Å². The molecule has 2 nitrogen and oxygen atoms in total. The van der Waals surface area contributed by atoms with Crippen molar-refractivity contribution in [2.24, 2.45) is 0 Å². The van der Waals surface area contributed by atoms with Gasteiger partial charge in [0.1, 0.15) is 11.6 Å². The third-order valence-corrected chi connectivity index (χ3v) is 3.33. The summed E-state index contributed by atoms with van der Waals surface area (Å²) < 4.78 is 27.4.